The molecule has 0 spiro atoms. The predicted molar refractivity (Wildman–Crippen MR) is 38.0 cm³/mol. The van der Waals surface area contributed by atoms with Crippen LogP contribution in [0.2, 0.25) is 0 Å². The zero-order valence-electron chi connectivity index (χ0n) is 6.37. The van der Waals surface area contributed by atoms with Crippen molar-refractivity contribution in [1.82, 2.24) is 0 Å². The number of aliphatic hydroxyl groups excluding tert-OH is 4. The van der Waals surface area contributed by atoms with Crippen molar-refractivity contribution in [2.45, 2.75) is 30.6 Å². The molecule has 0 aromatic heterocycles. The molecule has 1 rings (SSSR count). The third-order valence-electron chi connectivity index (χ3n) is 1.95. The third-order valence-corrected chi connectivity index (χ3v) is 1.95. The van der Waals surface area contributed by atoms with Gasteiger partial charge in [0.15, 0.2) is 6.29 Å². The Morgan fingerprint density at radius 2 is 1.75 bits per heavy atom. The van der Waals surface area contributed by atoms with Crippen molar-refractivity contribution in [3.05, 3.63) is 0 Å². The summed E-state index contributed by atoms with van der Waals surface area (Å²) in [6, 6.07) is -1.04. The highest BCUT2D eigenvalue weighted by Crippen LogP contribution is 2.17. The van der Waals surface area contributed by atoms with E-state index in [1.54, 1.807) is 0 Å². The molecule has 1 saturated heterocycles. The lowest BCUT2D eigenvalue weighted by atomic mass is 9.98. The van der Waals surface area contributed by atoms with Gasteiger partial charge in [0.2, 0.25) is 0 Å². The van der Waals surface area contributed by atoms with Gasteiger partial charge in [-0.15, -0.1) is 0 Å². The fourth-order valence-corrected chi connectivity index (χ4v) is 1.12. The second-order valence-electron chi connectivity index (χ2n) is 2.81. The minimum Gasteiger partial charge on any atom is -0.394 e. The third kappa shape index (κ3) is 1.58. The summed E-state index contributed by atoms with van der Waals surface area (Å²) in [5, 5.41) is 36.1. The van der Waals surface area contributed by atoms with Gasteiger partial charge in [-0.25, -0.2) is 0 Å². The van der Waals surface area contributed by atoms with Crippen molar-refractivity contribution in [3.63, 3.8) is 0 Å². The fraction of sp³-hybridized carbons (Fsp3) is 1.00. The van der Waals surface area contributed by atoms with Crippen LogP contribution in [0.4, 0.5) is 0 Å². The van der Waals surface area contributed by atoms with Crippen LogP contribution in [-0.2, 0) is 4.74 Å². The quantitative estimate of drug-likeness (QED) is 0.288. The van der Waals surface area contributed by atoms with E-state index in [4.69, 9.17) is 20.7 Å². The minimum atomic E-state index is -1.35. The topological polar surface area (TPSA) is 116 Å². The Morgan fingerprint density at radius 1 is 1.17 bits per heavy atom. The molecule has 0 aromatic rings. The molecule has 1 fully saturated rings. The highest BCUT2D eigenvalue weighted by atomic mass is 16.6. The van der Waals surface area contributed by atoms with E-state index in [9.17, 15) is 10.2 Å². The van der Waals surface area contributed by atoms with Gasteiger partial charge in [0.05, 0.1) is 12.6 Å². The Balaban J connectivity index is 2.63. The zero-order valence-corrected chi connectivity index (χ0v) is 6.37. The number of aliphatic hydroxyl groups is 4. The summed E-state index contributed by atoms with van der Waals surface area (Å²) in [5.74, 6) is 0. The van der Waals surface area contributed by atoms with Crippen molar-refractivity contribution in [2.24, 2.45) is 5.73 Å². The summed E-state index contributed by atoms with van der Waals surface area (Å²) in [6.07, 6.45) is -4.85. The second kappa shape index (κ2) is 3.65. The lowest BCUT2D eigenvalue weighted by Gasteiger charge is -2.38. The Kier molecular flexibility index (Phi) is 2.99. The van der Waals surface area contributed by atoms with E-state index in [1.165, 1.54) is 0 Å². The van der Waals surface area contributed by atoms with E-state index >= 15 is 0 Å². The molecule has 12 heavy (non-hydrogen) atoms. The van der Waals surface area contributed by atoms with Crippen LogP contribution in [-0.4, -0.2) is 57.7 Å². The average Bonchev–Trinajstić information content (AvgIpc) is 2.08. The molecule has 0 radical (unpaired) electrons. The van der Waals surface area contributed by atoms with Crippen LogP contribution < -0.4 is 5.73 Å². The molecule has 0 amide bonds. The van der Waals surface area contributed by atoms with Crippen molar-refractivity contribution in [3.8, 4) is 0 Å². The molecular weight excluding hydrogens is 166 g/mol. The summed E-state index contributed by atoms with van der Waals surface area (Å²) in [6.45, 7) is -0.470. The van der Waals surface area contributed by atoms with Crippen molar-refractivity contribution < 1.29 is 25.2 Å². The SMILES string of the molecule is NC1[C@@H](O)C(O)C(CO)O[C@H]1O. The van der Waals surface area contributed by atoms with E-state index in [1.807, 2.05) is 0 Å². The van der Waals surface area contributed by atoms with E-state index < -0.39 is 37.3 Å². The first-order valence-electron chi connectivity index (χ1n) is 3.64. The molecule has 6 N–H and O–H groups in total. The van der Waals surface area contributed by atoms with Gasteiger partial charge in [-0.05, 0) is 0 Å². The molecule has 72 valence electrons. The van der Waals surface area contributed by atoms with Gasteiger partial charge in [-0.2, -0.15) is 0 Å². The summed E-state index contributed by atoms with van der Waals surface area (Å²) < 4.78 is 4.70. The second-order valence-corrected chi connectivity index (χ2v) is 2.81. The normalized spacial score (nSPS) is 49.2. The lowest BCUT2D eigenvalue weighted by Crippen LogP contribution is -2.61. The van der Waals surface area contributed by atoms with Crippen LogP contribution in [0.25, 0.3) is 0 Å². The van der Waals surface area contributed by atoms with Gasteiger partial charge in [0.25, 0.3) is 0 Å². The largest absolute Gasteiger partial charge is 0.394 e. The predicted octanol–water partition coefficient (Wildman–Crippen LogP) is -3.26. The average molecular weight is 179 g/mol. The maximum absolute atomic E-state index is 9.20. The Bertz CT molecular complexity index is 150. The molecule has 6 nitrogen and oxygen atoms in total. The number of hydrogen-bond donors (Lipinski definition) is 5. The molecular formula is C6H13NO5. The van der Waals surface area contributed by atoms with Crippen LogP contribution in [0, 0.1) is 0 Å². The van der Waals surface area contributed by atoms with Crippen LogP contribution in [0.1, 0.15) is 0 Å². The summed E-state index contributed by atoms with van der Waals surface area (Å²) in [7, 11) is 0. The number of nitrogens with two attached hydrogens (primary N) is 1. The summed E-state index contributed by atoms with van der Waals surface area (Å²) >= 11 is 0. The van der Waals surface area contributed by atoms with Gasteiger partial charge in [0, 0.05) is 0 Å². The first-order valence-corrected chi connectivity index (χ1v) is 3.64. The van der Waals surface area contributed by atoms with E-state index in [0.29, 0.717) is 0 Å². The monoisotopic (exact) mass is 179 g/mol. The van der Waals surface area contributed by atoms with Crippen molar-refractivity contribution in [2.75, 3.05) is 6.61 Å². The molecule has 1 aliphatic rings. The van der Waals surface area contributed by atoms with Gasteiger partial charge in [-0.3, -0.25) is 0 Å². The Hall–Kier alpha value is -0.240. The van der Waals surface area contributed by atoms with Gasteiger partial charge in [0.1, 0.15) is 18.3 Å². The smallest absolute Gasteiger partial charge is 0.173 e. The molecule has 3 unspecified atom stereocenters. The molecule has 0 bridgehead atoms. The molecule has 6 heteroatoms. The van der Waals surface area contributed by atoms with Crippen molar-refractivity contribution in [1.29, 1.82) is 0 Å². The fourth-order valence-electron chi connectivity index (χ4n) is 1.12. The van der Waals surface area contributed by atoms with E-state index in [0.717, 1.165) is 0 Å². The van der Waals surface area contributed by atoms with E-state index in [-0.39, 0.29) is 0 Å². The highest BCUT2D eigenvalue weighted by Gasteiger charge is 2.41. The van der Waals surface area contributed by atoms with Crippen LogP contribution in [0.5, 0.6) is 0 Å². The maximum Gasteiger partial charge on any atom is 0.173 e. The number of ether oxygens (including phenoxy) is 1. The van der Waals surface area contributed by atoms with Crippen LogP contribution in [0.3, 0.4) is 0 Å². The van der Waals surface area contributed by atoms with Crippen LogP contribution >= 0.6 is 0 Å². The lowest BCUT2D eigenvalue weighted by molar-refractivity contribution is -0.248. The molecule has 1 heterocycles. The highest BCUT2D eigenvalue weighted by molar-refractivity contribution is 4.90. The molecule has 0 saturated carbocycles. The molecule has 0 aliphatic carbocycles. The zero-order chi connectivity index (χ0) is 9.30. The first kappa shape index (κ1) is 9.85. The van der Waals surface area contributed by atoms with Gasteiger partial charge < -0.3 is 30.9 Å². The standard InChI is InChI=1S/C6H13NO5/c7-3-5(10)4(9)2(1-8)12-6(3)11/h2-6,8-11H,1,7H2/t2?,3?,4?,5-,6-/m1/s1. The van der Waals surface area contributed by atoms with Gasteiger partial charge in [-0.1, -0.05) is 0 Å². The van der Waals surface area contributed by atoms with Gasteiger partial charge >= 0.3 is 0 Å². The molecule has 5 atom stereocenters. The van der Waals surface area contributed by atoms with Crippen molar-refractivity contribution >= 4 is 0 Å². The minimum absolute atomic E-state index is 0.470. The Labute approximate surface area is 69.2 Å². The number of hydrogen-bond acceptors (Lipinski definition) is 6. The summed E-state index contributed by atoms with van der Waals surface area (Å²) in [4.78, 5) is 0. The molecule has 1 aliphatic heterocycles. The maximum atomic E-state index is 9.20. The van der Waals surface area contributed by atoms with E-state index in [2.05, 4.69) is 0 Å². The first-order chi connectivity index (χ1) is 5.57. The Morgan fingerprint density at radius 3 is 2.25 bits per heavy atom. The number of rotatable bonds is 1. The van der Waals surface area contributed by atoms with Crippen LogP contribution in [0.15, 0.2) is 0 Å². The molecule has 0 aromatic carbocycles. The summed E-state index contributed by atoms with van der Waals surface area (Å²) in [5.41, 5.74) is 5.26.